The van der Waals surface area contributed by atoms with Crippen LogP contribution in [0.5, 0.6) is 0 Å². The first-order valence-corrected chi connectivity index (χ1v) is 11.7. The Morgan fingerprint density at radius 2 is 1.25 bits per heavy atom. The highest BCUT2D eigenvalue weighted by molar-refractivity contribution is 7.80. The van der Waals surface area contributed by atoms with Gasteiger partial charge in [-0.05, 0) is 37.2 Å². The molecule has 0 heterocycles. The molecule has 0 aliphatic carbocycles. The van der Waals surface area contributed by atoms with E-state index in [-0.39, 0.29) is 5.91 Å². The van der Waals surface area contributed by atoms with Gasteiger partial charge in [-0.3, -0.25) is 10.1 Å². The van der Waals surface area contributed by atoms with E-state index in [0.717, 1.165) is 25.9 Å². The molecule has 0 radical (unpaired) electrons. The number of hydrogen-bond donors (Lipinski definition) is 1. The number of thiocarbonyl (C=S) groups is 1. The molecule has 0 saturated carbocycles. The predicted molar refractivity (Wildman–Crippen MR) is 125 cm³/mol. The number of benzene rings is 1. The van der Waals surface area contributed by atoms with Gasteiger partial charge in [-0.25, -0.2) is 0 Å². The maximum atomic E-state index is 12.4. The van der Waals surface area contributed by atoms with Crippen LogP contribution in [0, 0.1) is 0 Å². The molecule has 0 atom stereocenters. The molecule has 1 rings (SSSR count). The van der Waals surface area contributed by atoms with Crippen LogP contribution in [-0.4, -0.2) is 29.0 Å². The van der Waals surface area contributed by atoms with Crippen molar-refractivity contribution in [3.05, 3.63) is 35.9 Å². The van der Waals surface area contributed by atoms with E-state index in [0.29, 0.717) is 10.7 Å². The summed E-state index contributed by atoms with van der Waals surface area (Å²) in [5.41, 5.74) is 0.656. The maximum Gasteiger partial charge on any atom is 0.257 e. The molecule has 0 spiro atoms. The van der Waals surface area contributed by atoms with Gasteiger partial charge >= 0.3 is 0 Å². The van der Waals surface area contributed by atoms with Crippen molar-refractivity contribution in [1.82, 2.24) is 10.2 Å². The van der Waals surface area contributed by atoms with Crippen molar-refractivity contribution < 1.29 is 4.79 Å². The first-order valence-electron chi connectivity index (χ1n) is 11.3. The Labute approximate surface area is 178 Å². The summed E-state index contributed by atoms with van der Waals surface area (Å²) in [6.45, 7) is 6.37. The van der Waals surface area contributed by atoms with Crippen molar-refractivity contribution in [2.75, 3.05) is 13.1 Å². The fraction of sp³-hybridized carbons (Fsp3) is 0.667. The van der Waals surface area contributed by atoms with Gasteiger partial charge in [-0.15, -0.1) is 0 Å². The third-order valence-corrected chi connectivity index (χ3v) is 5.47. The maximum absolute atomic E-state index is 12.4. The fourth-order valence-corrected chi connectivity index (χ4v) is 3.59. The average Bonchev–Trinajstić information content (AvgIpc) is 2.72. The lowest BCUT2D eigenvalue weighted by Gasteiger charge is -2.25. The molecular formula is C24H40N2OS. The molecule has 4 heteroatoms. The number of amides is 1. The molecule has 3 nitrogen and oxygen atoms in total. The molecule has 1 aromatic rings. The van der Waals surface area contributed by atoms with Crippen LogP contribution in [0.25, 0.3) is 0 Å². The van der Waals surface area contributed by atoms with E-state index < -0.39 is 0 Å². The third kappa shape index (κ3) is 11.4. The monoisotopic (exact) mass is 404 g/mol. The van der Waals surface area contributed by atoms with Crippen molar-refractivity contribution in [3.8, 4) is 0 Å². The van der Waals surface area contributed by atoms with Crippen molar-refractivity contribution in [1.29, 1.82) is 0 Å². The lowest BCUT2D eigenvalue weighted by atomic mass is 10.1. The van der Waals surface area contributed by atoms with Gasteiger partial charge in [0.1, 0.15) is 0 Å². The molecule has 0 aliphatic rings. The van der Waals surface area contributed by atoms with E-state index in [9.17, 15) is 4.79 Å². The van der Waals surface area contributed by atoms with Crippen molar-refractivity contribution in [2.45, 2.75) is 90.9 Å². The quantitative estimate of drug-likeness (QED) is 0.260. The second kappa shape index (κ2) is 16.5. The number of hydrogen-bond acceptors (Lipinski definition) is 2. The lowest BCUT2D eigenvalue weighted by molar-refractivity contribution is 0.0973. The lowest BCUT2D eigenvalue weighted by Crippen LogP contribution is -2.43. The second-order valence-electron chi connectivity index (χ2n) is 7.65. The summed E-state index contributed by atoms with van der Waals surface area (Å²) < 4.78 is 0. The van der Waals surface area contributed by atoms with Crippen LogP contribution < -0.4 is 5.32 Å². The molecule has 1 amide bonds. The average molecular weight is 405 g/mol. The SMILES string of the molecule is CCCCCCCCN(CCCCCCCC)C(=S)NC(=O)c1ccccc1. The molecule has 1 N–H and O–H groups in total. The smallest absolute Gasteiger partial charge is 0.257 e. The number of nitrogens with zero attached hydrogens (tertiary/aromatic N) is 1. The van der Waals surface area contributed by atoms with E-state index in [2.05, 4.69) is 24.1 Å². The highest BCUT2D eigenvalue weighted by atomic mass is 32.1. The number of carbonyl (C=O) groups excluding carboxylic acids is 1. The standard InChI is InChI=1S/C24H40N2OS/c1-3-5-7-9-11-16-20-26(21-17-12-10-8-6-4-2)24(28)25-23(27)22-18-14-13-15-19-22/h13-15,18-19H,3-12,16-17,20-21H2,1-2H3,(H,25,27,28). The molecule has 0 unspecified atom stereocenters. The number of unbranched alkanes of at least 4 members (excludes halogenated alkanes) is 10. The van der Waals surface area contributed by atoms with Gasteiger partial charge in [0.2, 0.25) is 0 Å². The first-order chi connectivity index (χ1) is 13.7. The summed E-state index contributed by atoms with van der Waals surface area (Å²) in [6.07, 6.45) is 15.2. The van der Waals surface area contributed by atoms with Crippen LogP contribution in [0.1, 0.15) is 101 Å². The summed E-state index contributed by atoms with van der Waals surface area (Å²) >= 11 is 5.58. The Hall–Kier alpha value is -1.42. The van der Waals surface area contributed by atoms with E-state index in [1.54, 1.807) is 0 Å². The van der Waals surface area contributed by atoms with Gasteiger partial charge in [0.15, 0.2) is 5.11 Å². The van der Waals surface area contributed by atoms with E-state index in [1.165, 1.54) is 64.2 Å². The fourth-order valence-electron chi connectivity index (χ4n) is 3.32. The van der Waals surface area contributed by atoms with Gasteiger partial charge in [-0.1, -0.05) is 96.3 Å². The Bertz CT molecular complexity index is 517. The summed E-state index contributed by atoms with van der Waals surface area (Å²) in [5.74, 6) is -0.110. The van der Waals surface area contributed by atoms with E-state index >= 15 is 0 Å². The van der Waals surface area contributed by atoms with Gasteiger partial charge in [0, 0.05) is 18.7 Å². The van der Waals surface area contributed by atoms with Crippen LogP contribution in [0.4, 0.5) is 0 Å². The molecule has 1 aromatic carbocycles. The van der Waals surface area contributed by atoms with Crippen LogP contribution in [-0.2, 0) is 0 Å². The highest BCUT2D eigenvalue weighted by Crippen LogP contribution is 2.10. The minimum Gasteiger partial charge on any atom is -0.349 e. The normalized spacial score (nSPS) is 10.6. The molecule has 28 heavy (non-hydrogen) atoms. The molecule has 0 aliphatic heterocycles. The molecule has 0 saturated heterocycles. The van der Waals surface area contributed by atoms with Crippen LogP contribution in [0.2, 0.25) is 0 Å². The summed E-state index contributed by atoms with van der Waals surface area (Å²) in [7, 11) is 0. The first kappa shape index (κ1) is 24.6. The summed E-state index contributed by atoms with van der Waals surface area (Å²) in [4.78, 5) is 14.6. The second-order valence-corrected chi connectivity index (χ2v) is 8.03. The van der Waals surface area contributed by atoms with Crippen molar-refractivity contribution in [2.24, 2.45) is 0 Å². The largest absolute Gasteiger partial charge is 0.349 e. The van der Waals surface area contributed by atoms with Gasteiger partial charge in [0.05, 0.1) is 0 Å². The van der Waals surface area contributed by atoms with Gasteiger partial charge in [0.25, 0.3) is 5.91 Å². The van der Waals surface area contributed by atoms with Crippen LogP contribution in [0.3, 0.4) is 0 Å². The predicted octanol–water partition coefficient (Wildman–Crippen LogP) is 6.72. The Kier molecular flexibility index (Phi) is 14.5. The van der Waals surface area contributed by atoms with Crippen molar-refractivity contribution in [3.63, 3.8) is 0 Å². The summed E-state index contributed by atoms with van der Waals surface area (Å²) in [6, 6.07) is 9.32. The molecule has 0 aromatic heterocycles. The number of rotatable bonds is 15. The molecule has 0 bridgehead atoms. The third-order valence-electron chi connectivity index (χ3n) is 5.11. The minimum absolute atomic E-state index is 0.110. The molecule has 158 valence electrons. The van der Waals surface area contributed by atoms with Gasteiger partial charge < -0.3 is 4.90 Å². The zero-order chi connectivity index (χ0) is 20.5. The van der Waals surface area contributed by atoms with Crippen LogP contribution >= 0.6 is 12.2 Å². The molecular weight excluding hydrogens is 364 g/mol. The van der Waals surface area contributed by atoms with Crippen LogP contribution in [0.15, 0.2) is 30.3 Å². The Morgan fingerprint density at radius 3 is 1.75 bits per heavy atom. The Morgan fingerprint density at radius 1 is 0.786 bits per heavy atom. The van der Waals surface area contributed by atoms with Gasteiger partial charge in [-0.2, -0.15) is 0 Å². The van der Waals surface area contributed by atoms with E-state index in [1.807, 2.05) is 30.3 Å². The minimum atomic E-state index is -0.110. The highest BCUT2D eigenvalue weighted by Gasteiger charge is 2.13. The zero-order valence-electron chi connectivity index (χ0n) is 18.0. The zero-order valence-corrected chi connectivity index (χ0v) is 18.9. The topological polar surface area (TPSA) is 32.3 Å². The van der Waals surface area contributed by atoms with Crippen molar-refractivity contribution >= 4 is 23.2 Å². The number of nitrogens with one attached hydrogen (secondary N) is 1. The summed E-state index contributed by atoms with van der Waals surface area (Å²) in [5, 5.41) is 3.52. The molecule has 0 fully saturated rings. The Balaban J connectivity index is 2.45. The van der Waals surface area contributed by atoms with E-state index in [4.69, 9.17) is 12.2 Å². The number of carbonyl (C=O) groups is 1.